The number of piperazine rings is 1. The van der Waals surface area contributed by atoms with Crippen molar-refractivity contribution in [2.75, 3.05) is 25.5 Å². The first kappa shape index (κ1) is 21.2. The van der Waals surface area contributed by atoms with Crippen molar-refractivity contribution in [2.45, 2.75) is 24.9 Å². The smallest absolute Gasteiger partial charge is 0.173 e. The third-order valence-corrected chi connectivity index (χ3v) is 6.61. The molecule has 0 saturated carbocycles. The van der Waals surface area contributed by atoms with Gasteiger partial charge in [-0.2, -0.15) is 0 Å². The molecule has 2 aliphatic heterocycles. The molecule has 2 aliphatic rings. The first-order valence-corrected chi connectivity index (χ1v) is 10.8. The van der Waals surface area contributed by atoms with E-state index in [1.807, 2.05) is 4.90 Å². The highest BCUT2D eigenvalue weighted by atomic mass is 19.1. The van der Waals surface area contributed by atoms with E-state index in [1.54, 1.807) is 7.05 Å². The Balaban J connectivity index is 1.68. The second-order valence-corrected chi connectivity index (χ2v) is 8.42. The molecule has 6 nitrogen and oxygen atoms in total. The van der Waals surface area contributed by atoms with Gasteiger partial charge in [-0.3, -0.25) is 10.4 Å². The Hall–Kier alpha value is -3.70. The van der Waals surface area contributed by atoms with Crippen molar-refractivity contribution >= 4 is 22.3 Å². The van der Waals surface area contributed by atoms with Crippen LogP contribution in [0.5, 0.6) is 5.75 Å². The van der Waals surface area contributed by atoms with Gasteiger partial charge in [0.25, 0.3) is 0 Å². The molecular weight excluding hydrogens is 424 g/mol. The van der Waals surface area contributed by atoms with Crippen LogP contribution in [-0.4, -0.2) is 53.0 Å². The van der Waals surface area contributed by atoms with Crippen LogP contribution in [0.3, 0.4) is 0 Å². The molecule has 168 valence electrons. The molecule has 2 aromatic carbocycles. The molecule has 8 heteroatoms. The van der Waals surface area contributed by atoms with Gasteiger partial charge < -0.3 is 20.6 Å². The second kappa shape index (κ2) is 8.01. The number of pyridine rings is 1. The van der Waals surface area contributed by atoms with Crippen LogP contribution in [-0.2, 0) is 0 Å². The molecule has 33 heavy (non-hydrogen) atoms. The number of anilines is 1. The van der Waals surface area contributed by atoms with Crippen LogP contribution < -0.4 is 10.6 Å². The number of terminal acetylenes is 1. The third-order valence-electron chi connectivity index (χ3n) is 6.61. The molecule has 3 aromatic rings. The fourth-order valence-corrected chi connectivity index (χ4v) is 5.13. The lowest BCUT2D eigenvalue weighted by atomic mass is 9.95. The van der Waals surface area contributed by atoms with Gasteiger partial charge in [0.15, 0.2) is 5.82 Å². The number of aromatic hydroxyl groups is 1. The zero-order valence-corrected chi connectivity index (χ0v) is 18.0. The molecule has 2 bridgehead atoms. The zero-order chi connectivity index (χ0) is 23.3. The number of amidine groups is 1. The van der Waals surface area contributed by atoms with E-state index >= 15 is 4.39 Å². The molecule has 3 heterocycles. The Morgan fingerprint density at radius 2 is 2.00 bits per heavy atom. The number of aromatic nitrogens is 1. The summed E-state index contributed by atoms with van der Waals surface area (Å²) in [6, 6.07) is 5.86. The van der Waals surface area contributed by atoms with Crippen molar-refractivity contribution in [1.29, 1.82) is 5.41 Å². The number of nitrogens with one attached hydrogen (secondary N) is 3. The number of rotatable bonds is 3. The van der Waals surface area contributed by atoms with E-state index in [2.05, 4.69) is 21.5 Å². The minimum absolute atomic E-state index is 0.0241. The van der Waals surface area contributed by atoms with E-state index < -0.39 is 11.6 Å². The number of nitrogens with zero attached hydrogens (tertiary/aromatic N) is 2. The van der Waals surface area contributed by atoms with Crippen LogP contribution in [0.2, 0.25) is 0 Å². The van der Waals surface area contributed by atoms with Gasteiger partial charge in [0.1, 0.15) is 23.1 Å². The lowest BCUT2D eigenvalue weighted by molar-refractivity contribution is 0.252. The molecule has 0 amide bonds. The summed E-state index contributed by atoms with van der Waals surface area (Å²) in [6.07, 6.45) is 8.98. The van der Waals surface area contributed by atoms with Crippen LogP contribution >= 0.6 is 0 Å². The molecule has 2 fully saturated rings. The Morgan fingerprint density at radius 3 is 2.67 bits per heavy atom. The van der Waals surface area contributed by atoms with Crippen molar-refractivity contribution < 1.29 is 13.9 Å². The quantitative estimate of drug-likeness (QED) is 0.280. The molecule has 2 unspecified atom stereocenters. The summed E-state index contributed by atoms with van der Waals surface area (Å²) in [5.74, 6) is 1.14. The lowest BCUT2D eigenvalue weighted by Crippen LogP contribution is -2.54. The molecule has 0 spiro atoms. The van der Waals surface area contributed by atoms with Crippen LogP contribution in [0.1, 0.15) is 24.0 Å². The summed E-state index contributed by atoms with van der Waals surface area (Å²) in [7, 11) is 1.58. The molecule has 0 aliphatic carbocycles. The summed E-state index contributed by atoms with van der Waals surface area (Å²) in [6.45, 7) is 1.58. The standard InChI is InChI=1S/C25H23F2N5O/c1-3-17-20(26)7-4-13-8-16(33)9-18(21(13)17)24-22(27)23(29-2)19(12-31-24)25(28)32-14-5-6-15(32)11-30-10-14/h1,4,7-9,12,14-15,28,30,33H,5-6,10-11H2,2H3,(H,29,31). The molecule has 1 aromatic heterocycles. The average Bonchev–Trinajstić information content (AvgIpc) is 3.06. The number of benzene rings is 2. The molecule has 5 rings (SSSR count). The summed E-state index contributed by atoms with van der Waals surface area (Å²) < 4.78 is 30.3. The van der Waals surface area contributed by atoms with E-state index in [0.29, 0.717) is 16.3 Å². The van der Waals surface area contributed by atoms with Crippen LogP contribution in [0, 0.1) is 29.4 Å². The van der Waals surface area contributed by atoms with Gasteiger partial charge in [-0.05, 0) is 36.4 Å². The number of fused-ring (bicyclic) bond motifs is 3. The Kier molecular flexibility index (Phi) is 5.14. The average molecular weight is 447 g/mol. The first-order valence-electron chi connectivity index (χ1n) is 10.8. The monoisotopic (exact) mass is 447 g/mol. The van der Waals surface area contributed by atoms with E-state index in [9.17, 15) is 9.50 Å². The van der Waals surface area contributed by atoms with Crippen molar-refractivity contribution in [2.24, 2.45) is 0 Å². The zero-order valence-electron chi connectivity index (χ0n) is 18.0. The maximum atomic E-state index is 15.9. The Bertz CT molecular complexity index is 1320. The SMILES string of the molecule is C#Cc1c(F)ccc2cc(O)cc(-c3ncc(C(=N)N4C5CCC4CNC5)c(NC)c3F)c12. The number of hydrogen-bond acceptors (Lipinski definition) is 5. The number of phenolic OH excluding ortho intramolecular Hbond substituents is 1. The fourth-order valence-electron chi connectivity index (χ4n) is 5.13. The van der Waals surface area contributed by atoms with Crippen molar-refractivity contribution in [1.82, 2.24) is 15.2 Å². The maximum Gasteiger partial charge on any atom is 0.173 e. The summed E-state index contributed by atoms with van der Waals surface area (Å²) in [4.78, 5) is 6.38. The van der Waals surface area contributed by atoms with E-state index in [1.165, 1.54) is 30.5 Å². The van der Waals surface area contributed by atoms with Crippen molar-refractivity contribution in [3.8, 4) is 29.4 Å². The minimum Gasteiger partial charge on any atom is -0.508 e. The highest BCUT2D eigenvalue weighted by Crippen LogP contribution is 2.39. The molecule has 2 atom stereocenters. The van der Waals surface area contributed by atoms with Gasteiger partial charge in [0.05, 0.1) is 16.8 Å². The lowest BCUT2D eigenvalue weighted by Gasteiger charge is -2.37. The molecule has 0 radical (unpaired) electrons. The summed E-state index contributed by atoms with van der Waals surface area (Å²) in [5.41, 5.74) is 0.557. The number of hydrogen-bond donors (Lipinski definition) is 4. The second-order valence-electron chi connectivity index (χ2n) is 8.42. The van der Waals surface area contributed by atoms with Crippen LogP contribution in [0.25, 0.3) is 22.0 Å². The van der Waals surface area contributed by atoms with Crippen LogP contribution in [0.4, 0.5) is 14.5 Å². The van der Waals surface area contributed by atoms with E-state index in [0.717, 1.165) is 25.9 Å². The first-order chi connectivity index (χ1) is 15.9. The largest absolute Gasteiger partial charge is 0.508 e. The third kappa shape index (κ3) is 3.28. The van der Waals surface area contributed by atoms with Gasteiger partial charge in [-0.1, -0.05) is 12.0 Å². The molecule has 2 saturated heterocycles. The predicted octanol–water partition coefficient (Wildman–Crippen LogP) is 3.67. The maximum absolute atomic E-state index is 15.9. The highest BCUT2D eigenvalue weighted by Gasteiger charge is 2.39. The van der Waals surface area contributed by atoms with Crippen LogP contribution in [0.15, 0.2) is 30.5 Å². The van der Waals surface area contributed by atoms with Gasteiger partial charge in [-0.25, -0.2) is 8.78 Å². The van der Waals surface area contributed by atoms with Crippen molar-refractivity contribution in [3.63, 3.8) is 0 Å². The normalized spacial score (nSPS) is 19.5. The van der Waals surface area contributed by atoms with Gasteiger partial charge in [0, 0.05) is 49.4 Å². The molecule has 4 N–H and O–H groups in total. The molecular formula is C25H23F2N5O. The van der Waals surface area contributed by atoms with Gasteiger partial charge >= 0.3 is 0 Å². The summed E-state index contributed by atoms with van der Waals surface area (Å²) in [5, 5.41) is 26.1. The van der Waals surface area contributed by atoms with Gasteiger partial charge in [-0.15, -0.1) is 6.42 Å². The number of halogens is 2. The minimum atomic E-state index is -0.693. The highest BCUT2D eigenvalue weighted by molar-refractivity contribution is 6.05. The Labute approximate surface area is 190 Å². The number of phenols is 1. The fraction of sp³-hybridized carbons (Fsp3) is 0.280. The topological polar surface area (TPSA) is 84.3 Å². The van der Waals surface area contributed by atoms with Crippen molar-refractivity contribution in [3.05, 3.63) is 53.2 Å². The van der Waals surface area contributed by atoms with E-state index in [4.69, 9.17) is 11.8 Å². The Morgan fingerprint density at radius 1 is 1.27 bits per heavy atom. The summed E-state index contributed by atoms with van der Waals surface area (Å²) >= 11 is 0. The van der Waals surface area contributed by atoms with Gasteiger partial charge in [0.2, 0.25) is 0 Å². The predicted molar refractivity (Wildman–Crippen MR) is 125 cm³/mol. The van der Waals surface area contributed by atoms with E-state index in [-0.39, 0.29) is 46.2 Å².